The van der Waals surface area contributed by atoms with Crippen molar-refractivity contribution < 1.29 is 13.9 Å². The van der Waals surface area contributed by atoms with Gasteiger partial charge < -0.3 is 21.5 Å². The first-order valence-corrected chi connectivity index (χ1v) is 9.05. The second-order valence-corrected chi connectivity index (χ2v) is 7.05. The van der Waals surface area contributed by atoms with Gasteiger partial charge in [-0.15, -0.1) is 0 Å². The zero-order valence-electron chi connectivity index (χ0n) is 15.5. The number of amides is 1. The van der Waals surface area contributed by atoms with Gasteiger partial charge in [-0.25, -0.2) is 9.38 Å². The normalized spacial score (nSPS) is 17.5. The second-order valence-electron chi connectivity index (χ2n) is 7.05. The van der Waals surface area contributed by atoms with Crippen molar-refractivity contribution in [1.82, 2.24) is 0 Å². The van der Waals surface area contributed by atoms with Gasteiger partial charge in [0.15, 0.2) is 0 Å². The molecule has 5 N–H and O–H groups in total. The highest BCUT2D eigenvalue weighted by Gasteiger charge is 2.51. The van der Waals surface area contributed by atoms with Crippen molar-refractivity contribution >= 4 is 28.7 Å². The summed E-state index contributed by atoms with van der Waals surface area (Å²) in [6.07, 6.45) is 5.63. The molecule has 1 saturated carbocycles. The number of methoxy groups -OCH3 is 1. The van der Waals surface area contributed by atoms with Crippen LogP contribution < -0.4 is 21.5 Å². The highest BCUT2D eigenvalue weighted by atomic mass is 19.1. The van der Waals surface area contributed by atoms with Gasteiger partial charge in [0.25, 0.3) is 0 Å². The number of ether oxygens (including phenoxy) is 1. The number of nitrogens with zero attached hydrogens (tertiary/aromatic N) is 1. The molecule has 0 saturated heterocycles. The highest BCUT2D eigenvalue weighted by Crippen LogP contribution is 2.53. The third-order valence-corrected chi connectivity index (χ3v) is 5.50. The minimum absolute atomic E-state index is 0.00524. The second kappa shape index (κ2) is 6.67. The van der Waals surface area contributed by atoms with E-state index in [4.69, 9.17) is 16.2 Å². The Labute approximate surface area is 162 Å². The molecule has 2 aliphatic rings. The summed E-state index contributed by atoms with van der Waals surface area (Å²) in [4.78, 5) is 17.1. The van der Waals surface area contributed by atoms with Crippen LogP contribution in [0.15, 0.2) is 47.6 Å². The van der Waals surface area contributed by atoms with E-state index in [1.165, 1.54) is 31.5 Å². The van der Waals surface area contributed by atoms with Gasteiger partial charge in [0.2, 0.25) is 5.91 Å². The maximum absolute atomic E-state index is 13.5. The quantitative estimate of drug-likeness (QED) is 0.559. The van der Waals surface area contributed by atoms with Crippen LogP contribution in [-0.4, -0.2) is 18.7 Å². The van der Waals surface area contributed by atoms with Crippen molar-refractivity contribution in [3.05, 3.63) is 59.6 Å². The molecule has 1 aliphatic heterocycles. The first-order chi connectivity index (χ1) is 13.5. The van der Waals surface area contributed by atoms with E-state index in [2.05, 4.69) is 10.3 Å². The maximum atomic E-state index is 13.5. The Morgan fingerprint density at radius 3 is 2.75 bits per heavy atom. The molecule has 0 unspecified atom stereocenters. The van der Waals surface area contributed by atoms with Crippen LogP contribution in [0.25, 0.3) is 0 Å². The van der Waals surface area contributed by atoms with Crippen molar-refractivity contribution in [2.24, 2.45) is 10.7 Å². The summed E-state index contributed by atoms with van der Waals surface area (Å²) >= 11 is 0. The Hall–Kier alpha value is -3.35. The minimum atomic E-state index is -0.495. The summed E-state index contributed by atoms with van der Waals surface area (Å²) in [6, 6.07) is 7.82. The number of benzene rings is 2. The molecule has 4 rings (SSSR count). The van der Waals surface area contributed by atoms with Crippen molar-refractivity contribution in [1.29, 1.82) is 0 Å². The molecule has 0 radical (unpaired) electrons. The minimum Gasteiger partial charge on any atom is -0.494 e. The Morgan fingerprint density at radius 1 is 1.32 bits per heavy atom. The SMILES string of the molecule is COc1cc(F)ccc1N=C(C=CN)c1cc(N)c2c(c1)C1(CCC1)C(=O)N2. The van der Waals surface area contributed by atoms with Gasteiger partial charge in [-0.1, -0.05) is 6.42 Å². The molecule has 0 aromatic heterocycles. The van der Waals surface area contributed by atoms with Crippen molar-refractivity contribution in [3.8, 4) is 5.75 Å². The zero-order chi connectivity index (χ0) is 19.9. The molecule has 0 atom stereocenters. The number of carbonyl (C=O) groups is 1. The molecular formula is C21H21FN4O2. The molecule has 1 amide bonds. The van der Waals surface area contributed by atoms with Crippen LogP contribution in [0.1, 0.15) is 30.4 Å². The Bertz CT molecular complexity index is 1030. The summed E-state index contributed by atoms with van der Waals surface area (Å²) < 4.78 is 18.7. The van der Waals surface area contributed by atoms with Crippen LogP contribution in [0.3, 0.4) is 0 Å². The molecule has 6 nitrogen and oxygen atoms in total. The van der Waals surface area contributed by atoms with Crippen molar-refractivity contribution in [2.45, 2.75) is 24.7 Å². The van der Waals surface area contributed by atoms with E-state index in [-0.39, 0.29) is 5.91 Å². The number of allylic oxidation sites excluding steroid dienone is 1. The Balaban J connectivity index is 1.85. The monoisotopic (exact) mass is 380 g/mol. The first-order valence-electron chi connectivity index (χ1n) is 9.05. The van der Waals surface area contributed by atoms with E-state index in [0.717, 1.165) is 30.4 Å². The summed E-state index contributed by atoms with van der Waals surface area (Å²) in [5, 5.41) is 2.92. The van der Waals surface area contributed by atoms with Gasteiger partial charge in [-0.05, 0) is 54.9 Å². The largest absolute Gasteiger partial charge is 0.494 e. The van der Waals surface area contributed by atoms with Gasteiger partial charge in [-0.3, -0.25) is 4.79 Å². The number of fused-ring (bicyclic) bond motifs is 2. The number of nitrogens with one attached hydrogen (secondary N) is 1. The molecule has 28 heavy (non-hydrogen) atoms. The van der Waals surface area contributed by atoms with E-state index in [1.807, 2.05) is 6.07 Å². The summed E-state index contributed by atoms with van der Waals surface area (Å²) in [5.74, 6) is -0.0972. The molecule has 1 spiro atoms. The molecule has 2 aromatic rings. The van der Waals surface area contributed by atoms with E-state index in [0.29, 0.717) is 28.5 Å². The fraction of sp³-hybridized carbons (Fsp3) is 0.238. The number of carbonyl (C=O) groups excluding carboxylic acids is 1. The smallest absolute Gasteiger partial charge is 0.235 e. The third kappa shape index (κ3) is 2.70. The lowest BCUT2D eigenvalue weighted by atomic mass is 9.65. The third-order valence-electron chi connectivity index (χ3n) is 5.50. The van der Waals surface area contributed by atoms with E-state index in [9.17, 15) is 9.18 Å². The zero-order valence-corrected chi connectivity index (χ0v) is 15.5. The summed E-state index contributed by atoms with van der Waals surface area (Å²) in [6.45, 7) is 0. The van der Waals surface area contributed by atoms with Gasteiger partial charge in [0, 0.05) is 11.6 Å². The number of hydrogen-bond donors (Lipinski definition) is 3. The predicted octanol–water partition coefficient (Wildman–Crippen LogP) is 3.38. The fourth-order valence-electron chi connectivity index (χ4n) is 3.87. The van der Waals surface area contributed by atoms with E-state index < -0.39 is 11.2 Å². The number of nitrogen functional groups attached to an aromatic ring is 1. The van der Waals surface area contributed by atoms with Gasteiger partial charge in [-0.2, -0.15) is 0 Å². The molecule has 1 aliphatic carbocycles. The Morgan fingerprint density at radius 2 is 2.11 bits per heavy atom. The standard InChI is InChI=1S/C21H21FN4O2/c1-28-18-11-13(22)3-4-17(18)25-16(5-8-23)12-9-14-19(15(24)10-12)26-20(27)21(14)6-2-7-21/h3-5,8-11H,2,6-7,23-24H2,1H3,(H,26,27). The molecule has 1 heterocycles. The number of anilines is 2. The summed E-state index contributed by atoms with van der Waals surface area (Å²) in [7, 11) is 1.46. The van der Waals surface area contributed by atoms with Crippen LogP contribution in [-0.2, 0) is 10.2 Å². The maximum Gasteiger partial charge on any atom is 0.235 e. The van der Waals surface area contributed by atoms with Crippen molar-refractivity contribution in [2.75, 3.05) is 18.2 Å². The lowest BCUT2D eigenvalue weighted by molar-refractivity contribution is -0.123. The topological polar surface area (TPSA) is 103 Å². The van der Waals surface area contributed by atoms with Gasteiger partial charge in [0.1, 0.15) is 17.3 Å². The molecule has 7 heteroatoms. The molecule has 0 bridgehead atoms. The molecule has 2 aromatic carbocycles. The van der Waals surface area contributed by atoms with Crippen LogP contribution in [0.4, 0.5) is 21.5 Å². The number of aliphatic imine (C=N–C) groups is 1. The fourth-order valence-corrected chi connectivity index (χ4v) is 3.87. The van der Waals surface area contributed by atoms with Crippen LogP contribution in [0.5, 0.6) is 5.75 Å². The van der Waals surface area contributed by atoms with Crippen LogP contribution >= 0.6 is 0 Å². The van der Waals surface area contributed by atoms with Crippen LogP contribution in [0.2, 0.25) is 0 Å². The summed E-state index contributed by atoms with van der Waals surface area (Å²) in [5.41, 5.74) is 15.2. The average molecular weight is 380 g/mol. The average Bonchev–Trinajstić information content (AvgIpc) is 2.95. The van der Waals surface area contributed by atoms with Gasteiger partial charge in [0.05, 0.1) is 29.6 Å². The molecular weight excluding hydrogens is 359 g/mol. The first kappa shape index (κ1) is 18.0. The molecule has 144 valence electrons. The van der Waals surface area contributed by atoms with Crippen molar-refractivity contribution in [3.63, 3.8) is 0 Å². The Kier molecular flexibility index (Phi) is 4.30. The number of halogens is 1. The number of rotatable bonds is 4. The van der Waals surface area contributed by atoms with Crippen LogP contribution in [0, 0.1) is 5.82 Å². The lowest BCUT2D eigenvalue weighted by Gasteiger charge is -2.36. The van der Waals surface area contributed by atoms with Gasteiger partial charge >= 0.3 is 0 Å². The number of hydrogen-bond acceptors (Lipinski definition) is 5. The highest BCUT2D eigenvalue weighted by molar-refractivity contribution is 6.14. The molecule has 1 fully saturated rings. The van der Waals surface area contributed by atoms with E-state index >= 15 is 0 Å². The van der Waals surface area contributed by atoms with E-state index in [1.54, 1.807) is 12.1 Å². The lowest BCUT2D eigenvalue weighted by Crippen LogP contribution is -2.40. The predicted molar refractivity (Wildman–Crippen MR) is 107 cm³/mol. The number of nitrogens with two attached hydrogens (primary N) is 2.